The third kappa shape index (κ3) is 1.80. The molecular formula is C9H10Cl2FNO. The van der Waals surface area contributed by atoms with E-state index in [1.165, 1.54) is 6.07 Å². The van der Waals surface area contributed by atoms with Crippen LogP contribution in [0.15, 0.2) is 12.1 Å². The van der Waals surface area contributed by atoms with Crippen molar-refractivity contribution in [3.8, 4) is 5.75 Å². The van der Waals surface area contributed by atoms with Gasteiger partial charge in [0, 0.05) is 18.0 Å². The molecule has 2 nitrogen and oxygen atoms in total. The highest BCUT2D eigenvalue weighted by Crippen LogP contribution is 2.35. The van der Waals surface area contributed by atoms with E-state index in [1.807, 2.05) is 0 Å². The Morgan fingerprint density at radius 3 is 2.93 bits per heavy atom. The van der Waals surface area contributed by atoms with Crippen LogP contribution in [0.1, 0.15) is 18.0 Å². The zero-order valence-electron chi connectivity index (χ0n) is 7.30. The summed E-state index contributed by atoms with van der Waals surface area (Å²) in [5.74, 6) is -0.291. The van der Waals surface area contributed by atoms with Crippen molar-refractivity contribution in [2.75, 3.05) is 6.61 Å². The fourth-order valence-corrected chi connectivity index (χ4v) is 1.58. The predicted molar refractivity (Wildman–Crippen MR) is 55.7 cm³/mol. The summed E-state index contributed by atoms with van der Waals surface area (Å²) >= 11 is 5.60. The summed E-state index contributed by atoms with van der Waals surface area (Å²) in [7, 11) is 0. The van der Waals surface area contributed by atoms with Crippen molar-refractivity contribution in [3.05, 3.63) is 28.5 Å². The van der Waals surface area contributed by atoms with Crippen LogP contribution in [0.4, 0.5) is 4.39 Å². The van der Waals surface area contributed by atoms with Crippen molar-refractivity contribution in [2.24, 2.45) is 5.73 Å². The average molecular weight is 238 g/mol. The Balaban J connectivity index is 0.000000980. The van der Waals surface area contributed by atoms with E-state index in [-0.39, 0.29) is 29.2 Å². The Morgan fingerprint density at radius 2 is 2.21 bits per heavy atom. The van der Waals surface area contributed by atoms with Crippen LogP contribution in [-0.2, 0) is 0 Å². The molecule has 1 heterocycles. The molecule has 1 aromatic rings. The van der Waals surface area contributed by atoms with Crippen molar-refractivity contribution >= 4 is 24.0 Å². The summed E-state index contributed by atoms with van der Waals surface area (Å²) in [6.07, 6.45) is 0.716. The first-order valence-corrected chi connectivity index (χ1v) is 4.44. The van der Waals surface area contributed by atoms with Gasteiger partial charge in [0.05, 0.1) is 11.6 Å². The van der Waals surface area contributed by atoms with Gasteiger partial charge in [0.15, 0.2) is 11.6 Å². The van der Waals surface area contributed by atoms with Crippen LogP contribution >= 0.6 is 24.0 Å². The third-order valence-corrected chi connectivity index (χ3v) is 2.45. The van der Waals surface area contributed by atoms with Gasteiger partial charge in [-0.2, -0.15) is 0 Å². The second-order valence-corrected chi connectivity index (χ2v) is 3.43. The first-order chi connectivity index (χ1) is 6.20. The smallest absolute Gasteiger partial charge is 0.183 e. The average Bonchev–Trinajstić information content (AvgIpc) is 2.12. The Bertz CT molecular complexity index is 346. The van der Waals surface area contributed by atoms with Crippen molar-refractivity contribution in [2.45, 2.75) is 12.5 Å². The van der Waals surface area contributed by atoms with E-state index in [0.717, 1.165) is 0 Å². The molecule has 14 heavy (non-hydrogen) atoms. The van der Waals surface area contributed by atoms with Gasteiger partial charge in [-0.15, -0.1) is 12.4 Å². The topological polar surface area (TPSA) is 35.2 Å². The summed E-state index contributed by atoms with van der Waals surface area (Å²) in [5, 5.41) is 0.0767. The van der Waals surface area contributed by atoms with Crippen LogP contribution in [0, 0.1) is 5.82 Å². The van der Waals surface area contributed by atoms with Gasteiger partial charge in [0.1, 0.15) is 0 Å². The molecule has 0 aromatic heterocycles. The second-order valence-electron chi connectivity index (χ2n) is 3.02. The lowest BCUT2D eigenvalue weighted by atomic mass is 10.0. The van der Waals surface area contributed by atoms with Gasteiger partial charge in [0.2, 0.25) is 0 Å². The number of ether oxygens (including phenoxy) is 1. The molecule has 0 amide bonds. The number of rotatable bonds is 0. The molecule has 0 bridgehead atoms. The maximum atomic E-state index is 13.3. The van der Waals surface area contributed by atoms with Crippen molar-refractivity contribution in [1.82, 2.24) is 0 Å². The van der Waals surface area contributed by atoms with E-state index in [9.17, 15) is 4.39 Å². The lowest BCUT2D eigenvalue weighted by Gasteiger charge is -2.23. The second kappa shape index (κ2) is 4.34. The molecule has 0 unspecified atom stereocenters. The van der Waals surface area contributed by atoms with Gasteiger partial charge in [-0.25, -0.2) is 4.39 Å². The molecule has 0 radical (unpaired) electrons. The standard InChI is InChI=1S/C9H9ClFNO.ClH/c10-6-2-1-5-7(12)3-4-13-9(5)8(6)11;/h1-2,7H,3-4,12H2;1H/t7-;/m0./s1. The van der Waals surface area contributed by atoms with Crippen LogP contribution in [0.25, 0.3) is 0 Å². The molecule has 1 atom stereocenters. The van der Waals surface area contributed by atoms with Crippen LogP contribution < -0.4 is 10.5 Å². The van der Waals surface area contributed by atoms with Crippen molar-refractivity contribution in [3.63, 3.8) is 0 Å². The maximum absolute atomic E-state index is 13.3. The van der Waals surface area contributed by atoms with Crippen LogP contribution in [0.3, 0.4) is 0 Å². The lowest BCUT2D eigenvalue weighted by Crippen LogP contribution is -2.21. The lowest BCUT2D eigenvalue weighted by molar-refractivity contribution is 0.255. The van der Waals surface area contributed by atoms with E-state index in [0.29, 0.717) is 18.6 Å². The van der Waals surface area contributed by atoms with Gasteiger partial charge in [0.25, 0.3) is 0 Å². The summed E-state index contributed by atoms with van der Waals surface area (Å²) in [6, 6.07) is 3.07. The molecule has 2 rings (SSSR count). The van der Waals surface area contributed by atoms with Crippen LogP contribution in [-0.4, -0.2) is 6.61 Å². The number of hydrogen-bond donors (Lipinski definition) is 1. The van der Waals surface area contributed by atoms with E-state index in [1.54, 1.807) is 6.07 Å². The van der Waals surface area contributed by atoms with E-state index < -0.39 is 5.82 Å². The SMILES string of the molecule is Cl.N[C@H]1CCOc2c1ccc(Cl)c2F. The highest BCUT2D eigenvalue weighted by Gasteiger charge is 2.22. The normalized spacial score (nSPS) is 19.2. The molecule has 0 spiro atoms. The molecular weight excluding hydrogens is 228 g/mol. The van der Waals surface area contributed by atoms with Crippen LogP contribution in [0.5, 0.6) is 5.75 Å². The third-order valence-electron chi connectivity index (χ3n) is 2.16. The first kappa shape index (κ1) is 11.6. The fourth-order valence-electron chi connectivity index (χ4n) is 1.43. The van der Waals surface area contributed by atoms with E-state index >= 15 is 0 Å². The first-order valence-electron chi connectivity index (χ1n) is 4.06. The number of benzene rings is 1. The summed E-state index contributed by atoms with van der Waals surface area (Å²) in [6.45, 7) is 0.450. The molecule has 5 heteroatoms. The van der Waals surface area contributed by atoms with E-state index in [4.69, 9.17) is 22.1 Å². The molecule has 2 N–H and O–H groups in total. The Hall–Kier alpha value is -0.510. The Labute approximate surface area is 92.6 Å². The monoisotopic (exact) mass is 237 g/mol. The zero-order valence-corrected chi connectivity index (χ0v) is 8.87. The predicted octanol–water partition coefficient (Wildman–Crippen LogP) is 2.68. The zero-order chi connectivity index (χ0) is 9.42. The largest absolute Gasteiger partial charge is 0.490 e. The van der Waals surface area contributed by atoms with Crippen molar-refractivity contribution in [1.29, 1.82) is 0 Å². The number of nitrogens with two attached hydrogens (primary N) is 1. The summed E-state index contributed by atoms with van der Waals surface area (Å²) < 4.78 is 18.5. The summed E-state index contributed by atoms with van der Waals surface area (Å²) in [4.78, 5) is 0. The number of halogens is 3. The highest BCUT2D eigenvalue weighted by molar-refractivity contribution is 6.30. The Kier molecular flexibility index (Phi) is 3.59. The molecule has 1 aliphatic heterocycles. The molecule has 0 saturated heterocycles. The van der Waals surface area contributed by atoms with Gasteiger partial charge < -0.3 is 10.5 Å². The van der Waals surface area contributed by atoms with Gasteiger partial charge in [-0.3, -0.25) is 0 Å². The molecule has 1 aromatic carbocycles. The minimum atomic E-state index is -0.505. The molecule has 0 aliphatic carbocycles. The maximum Gasteiger partial charge on any atom is 0.183 e. The number of fused-ring (bicyclic) bond motifs is 1. The summed E-state index contributed by atoms with van der Waals surface area (Å²) in [5.41, 5.74) is 6.48. The van der Waals surface area contributed by atoms with E-state index in [2.05, 4.69) is 0 Å². The molecule has 0 saturated carbocycles. The van der Waals surface area contributed by atoms with Gasteiger partial charge >= 0.3 is 0 Å². The molecule has 1 aliphatic rings. The Morgan fingerprint density at radius 1 is 1.50 bits per heavy atom. The highest BCUT2D eigenvalue weighted by atomic mass is 35.5. The fraction of sp³-hybridized carbons (Fsp3) is 0.333. The molecule has 78 valence electrons. The van der Waals surface area contributed by atoms with Crippen LogP contribution in [0.2, 0.25) is 5.02 Å². The van der Waals surface area contributed by atoms with Crippen molar-refractivity contribution < 1.29 is 9.13 Å². The minimum absolute atomic E-state index is 0. The quantitative estimate of drug-likeness (QED) is 0.754. The van der Waals surface area contributed by atoms with Gasteiger partial charge in [-0.05, 0) is 6.07 Å². The number of hydrogen-bond acceptors (Lipinski definition) is 2. The van der Waals surface area contributed by atoms with Gasteiger partial charge in [-0.1, -0.05) is 17.7 Å². The molecule has 0 fully saturated rings. The minimum Gasteiger partial charge on any atom is -0.490 e.